The molecule has 2 rings (SSSR count). The molecule has 136 valence electrons. The van der Waals surface area contributed by atoms with Gasteiger partial charge in [-0.25, -0.2) is 0 Å². The fraction of sp³-hybridized carbons (Fsp3) is 1.00. The summed E-state index contributed by atoms with van der Waals surface area (Å²) in [5.41, 5.74) is 0. The van der Waals surface area contributed by atoms with Crippen LogP contribution in [0.4, 0.5) is 0 Å². The molecule has 0 saturated carbocycles. The van der Waals surface area contributed by atoms with Crippen molar-refractivity contribution >= 4 is 57.4 Å². The van der Waals surface area contributed by atoms with Crippen LogP contribution in [0.25, 0.3) is 0 Å². The number of hydrogen-bond acceptors (Lipinski definition) is 7. The van der Waals surface area contributed by atoms with E-state index in [1.165, 1.54) is 0 Å². The third-order valence-electron chi connectivity index (χ3n) is 3.91. The van der Waals surface area contributed by atoms with E-state index in [9.17, 15) is 20.4 Å². The fourth-order valence-corrected chi connectivity index (χ4v) is 4.60. The zero-order valence-corrected chi connectivity index (χ0v) is 16.2. The molecule has 0 bridgehead atoms. The monoisotopic (exact) mass is 506 g/mol. The smallest absolute Gasteiger partial charge is 0.212 e. The Bertz CT molecular complexity index is 407. The first-order chi connectivity index (χ1) is 10.8. The van der Waals surface area contributed by atoms with E-state index in [1.807, 2.05) is 22.6 Å². The number of ether oxygens (including phenoxy) is 3. The molecule has 2 aliphatic heterocycles. The van der Waals surface area contributed by atoms with Gasteiger partial charge in [-0.1, -0.05) is 22.6 Å². The number of halogens is 4. The number of aliphatic hydroxyl groups is 4. The molecule has 2 heterocycles. The van der Waals surface area contributed by atoms with E-state index in [-0.39, 0.29) is 15.7 Å². The van der Waals surface area contributed by atoms with E-state index < -0.39 is 54.6 Å². The van der Waals surface area contributed by atoms with Crippen molar-refractivity contribution in [1.82, 2.24) is 0 Å². The van der Waals surface area contributed by atoms with Crippen molar-refractivity contribution in [3.63, 3.8) is 0 Å². The Morgan fingerprint density at radius 3 is 2.26 bits per heavy atom. The van der Waals surface area contributed by atoms with Crippen molar-refractivity contribution in [2.75, 3.05) is 18.4 Å². The van der Waals surface area contributed by atoms with Crippen LogP contribution in [-0.2, 0) is 14.2 Å². The van der Waals surface area contributed by atoms with E-state index in [1.54, 1.807) is 0 Å². The third-order valence-corrected chi connectivity index (χ3v) is 6.61. The molecular weight excluding hydrogens is 489 g/mol. The number of rotatable bonds is 5. The zero-order chi connectivity index (χ0) is 17.4. The van der Waals surface area contributed by atoms with Crippen LogP contribution < -0.4 is 0 Å². The van der Waals surface area contributed by atoms with E-state index in [0.717, 1.165) is 0 Å². The summed E-state index contributed by atoms with van der Waals surface area (Å²) >= 11 is 19.6. The molecule has 7 nitrogen and oxygen atoms in total. The number of hydrogen-bond donors (Lipinski definition) is 4. The fourth-order valence-electron chi connectivity index (χ4n) is 2.53. The molecule has 0 radical (unpaired) electrons. The van der Waals surface area contributed by atoms with Crippen molar-refractivity contribution in [3.8, 4) is 0 Å². The summed E-state index contributed by atoms with van der Waals surface area (Å²) in [7, 11) is 0. The Hall–Kier alpha value is 1.32. The van der Waals surface area contributed by atoms with Crippen molar-refractivity contribution in [2.45, 2.75) is 51.9 Å². The Labute approximate surface area is 161 Å². The first-order valence-corrected chi connectivity index (χ1v) is 9.62. The van der Waals surface area contributed by atoms with Crippen molar-refractivity contribution < 1.29 is 34.6 Å². The van der Waals surface area contributed by atoms with Gasteiger partial charge in [-0.2, -0.15) is 0 Å². The summed E-state index contributed by atoms with van der Waals surface area (Å²) in [6.45, 7) is -0.478. The average Bonchev–Trinajstić information content (AvgIpc) is 2.80. The second-order valence-corrected chi connectivity index (χ2v) is 7.93. The maximum absolute atomic E-state index is 10.4. The van der Waals surface area contributed by atoms with Gasteiger partial charge >= 0.3 is 0 Å². The summed E-state index contributed by atoms with van der Waals surface area (Å²) in [5, 5.41) is 38.7. The van der Waals surface area contributed by atoms with Crippen LogP contribution >= 0.6 is 57.4 Å². The minimum Gasteiger partial charge on any atom is -0.394 e. The molecule has 4 N–H and O–H groups in total. The van der Waals surface area contributed by atoms with Gasteiger partial charge in [0.25, 0.3) is 0 Å². The van der Waals surface area contributed by atoms with Gasteiger partial charge in [0.05, 0.1) is 27.9 Å². The normalized spacial score (nSPS) is 51.1. The third kappa shape index (κ3) is 3.87. The quantitative estimate of drug-likeness (QED) is 0.301. The van der Waals surface area contributed by atoms with Crippen LogP contribution in [0, 0.1) is 0 Å². The highest BCUT2D eigenvalue weighted by Gasteiger charge is 2.57. The lowest BCUT2D eigenvalue weighted by atomic mass is 10.0. The predicted molar refractivity (Wildman–Crippen MR) is 91.3 cm³/mol. The second kappa shape index (κ2) is 8.34. The Morgan fingerprint density at radius 1 is 1.13 bits per heavy atom. The largest absolute Gasteiger partial charge is 0.394 e. The van der Waals surface area contributed by atoms with Gasteiger partial charge in [0.2, 0.25) is 5.79 Å². The summed E-state index contributed by atoms with van der Waals surface area (Å²) < 4.78 is 16.2. The molecule has 0 aliphatic carbocycles. The van der Waals surface area contributed by atoms with Gasteiger partial charge in [0, 0.05) is 5.88 Å². The van der Waals surface area contributed by atoms with Crippen LogP contribution in [0.2, 0.25) is 0 Å². The van der Waals surface area contributed by atoms with E-state index in [4.69, 9.17) is 49.0 Å². The van der Waals surface area contributed by atoms with Gasteiger partial charge in [-0.3, -0.25) is 0 Å². The highest BCUT2D eigenvalue weighted by atomic mass is 127. The minimum absolute atomic E-state index is 0.117. The van der Waals surface area contributed by atoms with Gasteiger partial charge in [-0.15, -0.1) is 34.8 Å². The van der Waals surface area contributed by atoms with Crippen molar-refractivity contribution in [1.29, 1.82) is 0 Å². The van der Waals surface area contributed by atoms with E-state index in [0.29, 0.717) is 0 Å². The topological polar surface area (TPSA) is 109 Å². The lowest BCUT2D eigenvalue weighted by Crippen LogP contribution is -2.61. The maximum Gasteiger partial charge on any atom is 0.212 e. The molecule has 23 heavy (non-hydrogen) atoms. The molecule has 11 heteroatoms. The molecule has 2 aliphatic rings. The molecule has 0 aromatic rings. The highest BCUT2D eigenvalue weighted by Crippen LogP contribution is 2.40. The lowest BCUT2D eigenvalue weighted by Gasteiger charge is -2.43. The van der Waals surface area contributed by atoms with Gasteiger partial charge in [-0.05, 0) is 0 Å². The highest BCUT2D eigenvalue weighted by molar-refractivity contribution is 14.1. The molecule has 9 atom stereocenters. The molecule has 0 aromatic carbocycles. The zero-order valence-electron chi connectivity index (χ0n) is 11.8. The molecule has 0 spiro atoms. The molecule has 2 fully saturated rings. The first kappa shape index (κ1) is 20.6. The van der Waals surface area contributed by atoms with Crippen LogP contribution in [0.3, 0.4) is 0 Å². The standard InChI is InChI=1S/C12H18Cl3IO7/c13-1-4-7(16)10(20)12(3-14,22-4)23-11-9(19)8(18)6(15)5(2-17)21-11/h4-11,17-20H,1-3H2/t4-,5-,6+,7-,8+,9-,10+,11-,12-/m1/s1. The number of alkyl halides is 4. The van der Waals surface area contributed by atoms with Crippen LogP contribution in [-0.4, -0.2) is 90.7 Å². The molecule has 0 aromatic heterocycles. The van der Waals surface area contributed by atoms with Crippen molar-refractivity contribution in [3.05, 3.63) is 0 Å². The van der Waals surface area contributed by atoms with Crippen LogP contribution in [0.1, 0.15) is 0 Å². The summed E-state index contributed by atoms with van der Waals surface area (Å²) in [6, 6.07) is 0. The van der Waals surface area contributed by atoms with Crippen LogP contribution in [0.15, 0.2) is 0 Å². The molecule has 2 saturated heterocycles. The molecular formula is C12H18Cl3IO7. The summed E-state index contributed by atoms with van der Waals surface area (Å²) in [5.74, 6) is -1.79. The lowest BCUT2D eigenvalue weighted by molar-refractivity contribution is -0.357. The summed E-state index contributed by atoms with van der Waals surface area (Å²) in [6.07, 6.45) is -6.87. The van der Waals surface area contributed by atoms with Crippen LogP contribution in [0.5, 0.6) is 0 Å². The van der Waals surface area contributed by atoms with E-state index in [2.05, 4.69) is 0 Å². The van der Waals surface area contributed by atoms with E-state index >= 15 is 0 Å². The predicted octanol–water partition coefficient (Wildman–Crippen LogP) is -0.213. The minimum atomic E-state index is -1.66. The Kier molecular flexibility index (Phi) is 7.48. The summed E-state index contributed by atoms with van der Waals surface area (Å²) in [4.78, 5) is 0. The maximum atomic E-state index is 10.4. The SMILES string of the molecule is OC[C@H]1O[C@H](O[C@@]2(CCl)O[C@H](CCl)[C@@H](I)[C@@H]2O)[C@H](O)[C@@H](O)[C@H]1Cl. The van der Waals surface area contributed by atoms with Gasteiger partial charge < -0.3 is 34.6 Å². The Morgan fingerprint density at radius 2 is 1.78 bits per heavy atom. The molecule has 0 amide bonds. The van der Waals surface area contributed by atoms with Gasteiger partial charge in [0.15, 0.2) is 6.29 Å². The average molecular weight is 508 g/mol. The van der Waals surface area contributed by atoms with Gasteiger partial charge in [0.1, 0.15) is 24.4 Å². The second-order valence-electron chi connectivity index (χ2n) is 5.41. The van der Waals surface area contributed by atoms with Crippen molar-refractivity contribution in [2.24, 2.45) is 0 Å². The Balaban J connectivity index is 2.18. The number of aliphatic hydroxyl groups excluding tert-OH is 4. The first-order valence-electron chi connectivity index (χ1n) is 6.87. The molecule has 0 unspecified atom stereocenters.